The monoisotopic (exact) mass is 855 g/mol. The van der Waals surface area contributed by atoms with E-state index in [0.717, 1.165) is 76.2 Å². The summed E-state index contributed by atoms with van der Waals surface area (Å²) < 4.78 is 9.52. The van der Waals surface area contributed by atoms with Gasteiger partial charge < -0.3 is 18.8 Å². The number of anilines is 6. The highest BCUT2D eigenvalue weighted by atomic mass is 16.3. The number of fused-ring (bicyclic) bond motifs is 11. The molecule has 0 fully saturated rings. The summed E-state index contributed by atoms with van der Waals surface area (Å²) >= 11 is 0. The van der Waals surface area contributed by atoms with Crippen LogP contribution in [0.4, 0.5) is 34.1 Å². The van der Waals surface area contributed by atoms with Crippen LogP contribution in [0.15, 0.2) is 186 Å². The molecule has 2 aromatic heterocycles. The first kappa shape index (κ1) is 40.0. The van der Waals surface area contributed by atoms with Crippen LogP contribution in [-0.2, 0) is 12.0 Å². The van der Waals surface area contributed by atoms with Crippen molar-refractivity contribution in [2.75, 3.05) is 9.80 Å². The third-order valence-electron chi connectivity index (χ3n) is 14.6. The number of rotatable bonds is 10. The predicted molar refractivity (Wildman–Crippen MR) is 280 cm³/mol. The average Bonchev–Trinajstić information content (AvgIpc) is 3.98. The van der Waals surface area contributed by atoms with Gasteiger partial charge in [-0.3, -0.25) is 0 Å². The minimum Gasteiger partial charge on any atom is -0.454 e. The second-order valence-electron chi connectivity index (χ2n) is 18.3. The van der Waals surface area contributed by atoms with Gasteiger partial charge in [-0.05, 0) is 139 Å². The van der Waals surface area contributed by atoms with E-state index >= 15 is 0 Å². The van der Waals surface area contributed by atoms with Gasteiger partial charge in [-0.25, -0.2) is 0 Å². The second kappa shape index (κ2) is 15.6. The molecule has 1 aliphatic carbocycles. The maximum absolute atomic E-state index is 6.97. The Labute approximate surface area is 387 Å². The fourth-order valence-corrected chi connectivity index (χ4v) is 11.7. The second-order valence-corrected chi connectivity index (χ2v) is 18.3. The number of hydrogen-bond donors (Lipinski definition) is 0. The third-order valence-corrected chi connectivity index (χ3v) is 14.6. The van der Waals surface area contributed by atoms with Crippen LogP contribution >= 0.6 is 0 Å². The molecule has 1 aliphatic rings. The highest BCUT2D eigenvalue weighted by molar-refractivity contribution is 6.18. The molecule has 0 unspecified atom stereocenters. The fourth-order valence-electron chi connectivity index (χ4n) is 11.7. The molecule has 4 heteroatoms. The zero-order chi connectivity index (χ0) is 44.7. The molecule has 322 valence electrons. The Morgan fingerprint density at radius 3 is 1.79 bits per heavy atom. The third kappa shape index (κ3) is 5.90. The zero-order valence-corrected chi connectivity index (χ0v) is 38.4. The van der Waals surface area contributed by atoms with Gasteiger partial charge >= 0.3 is 0 Å². The Hall–Kier alpha value is -7.56. The lowest BCUT2D eigenvalue weighted by molar-refractivity contribution is 0.491. The summed E-state index contributed by atoms with van der Waals surface area (Å²) in [6, 6.07) is 67.7. The Morgan fingerprint density at radius 2 is 1.08 bits per heavy atom. The molecule has 0 spiro atoms. The van der Waals surface area contributed by atoms with Crippen LogP contribution in [0.3, 0.4) is 0 Å². The summed E-state index contributed by atoms with van der Waals surface area (Å²) in [5.41, 5.74) is 18.7. The first-order chi connectivity index (χ1) is 32.4. The number of nitrogens with zero attached hydrogens (tertiary/aromatic N) is 3. The number of aromatic nitrogens is 1. The normalized spacial score (nSPS) is 13.0. The van der Waals surface area contributed by atoms with E-state index in [2.05, 4.69) is 231 Å². The molecule has 0 N–H and O–H groups in total. The summed E-state index contributed by atoms with van der Waals surface area (Å²) in [4.78, 5) is 4.98. The van der Waals surface area contributed by atoms with Crippen LogP contribution in [0.5, 0.6) is 0 Å². The molecule has 12 rings (SSSR count). The van der Waals surface area contributed by atoms with Gasteiger partial charge in [0, 0.05) is 61.5 Å². The van der Waals surface area contributed by atoms with E-state index in [9.17, 15) is 0 Å². The molecule has 0 aliphatic heterocycles. The molecule has 0 saturated carbocycles. The van der Waals surface area contributed by atoms with Gasteiger partial charge in [-0.2, -0.15) is 0 Å². The number of para-hydroxylation sites is 4. The molecule has 0 amide bonds. The number of furan rings is 1. The van der Waals surface area contributed by atoms with Crippen molar-refractivity contribution in [1.29, 1.82) is 0 Å². The zero-order valence-electron chi connectivity index (χ0n) is 38.4. The standard InChI is InChI=1S/C62H53N3O/c1-6-35-63-54-29-13-11-24-46(54)49-27-17-30-55(60(49)63)65(56-31-18-28-50-47-25-12-14-32-58(47)66-61(50)56)57-39-53-59(48-26-10-9-23-45(48)57)51-34-33-44(38-52(51)62(53,7-2)8-3)64(42-21-15-19-40(4)36-42)43-22-16-20-41(5)37-43/h9-34,36-39H,6-8,35H2,1-5H3. The van der Waals surface area contributed by atoms with E-state index in [-0.39, 0.29) is 5.41 Å². The van der Waals surface area contributed by atoms with Gasteiger partial charge in [0.15, 0.2) is 5.58 Å². The minimum absolute atomic E-state index is 0.246. The smallest absolute Gasteiger partial charge is 0.159 e. The van der Waals surface area contributed by atoms with E-state index < -0.39 is 0 Å². The molecule has 4 nitrogen and oxygen atoms in total. The Morgan fingerprint density at radius 1 is 0.470 bits per heavy atom. The Bertz CT molecular complexity index is 3650. The van der Waals surface area contributed by atoms with Crippen molar-refractivity contribution in [1.82, 2.24) is 4.57 Å². The summed E-state index contributed by atoms with van der Waals surface area (Å²) in [6.45, 7) is 12.3. The maximum atomic E-state index is 6.97. The molecule has 0 radical (unpaired) electrons. The van der Waals surface area contributed by atoms with Gasteiger partial charge in [0.1, 0.15) is 5.58 Å². The molecule has 11 aromatic rings. The topological polar surface area (TPSA) is 24.6 Å². The SMILES string of the molecule is CCCn1c2ccccc2c2cccc(N(c3cc4c(c5ccccc35)-c3ccc(N(c5cccc(C)c5)c5cccc(C)c5)cc3C4(CC)CC)c3cccc4c3oc3ccccc34)c21. The summed E-state index contributed by atoms with van der Waals surface area (Å²) in [7, 11) is 0. The molecule has 0 saturated heterocycles. The summed E-state index contributed by atoms with van der Waals surface area (Å²) in [5, 5.41) is 7.24. The quantitative estimate of drug-likeness (QED) is 0.137. The molecule has 0 bridgehead atoms. The average molecular weight is 856 g/mol. The summed E-state index contributed by atoms with van der Waals surface area (Å²) in [5.74, 6) is 0. The number of benzene rings is 9. The van der Waals surface area contributed by atoms with Crippen LogP contribution < -0.4 is 9.80 Å². The maximum Gasteiger partial charge on any atom is 0.159 e. The first-order valence-corrected chi connectivity index (χ1v) is 23.8. The molecule has 2 heterocycles. The predicted octanol–water partition coefficient (Wildman–Crippen LogP) is 17.9. The van der Waals surface area contributed by atoms with E-state index in [1.165, 1.54) is 71.6 Å². The lowest BCUT2D eigenvalue weighted by atomic mass is 9.73. The van der Waals surface area contributed by atoms with E-state index in [4.69, 9.17) is 4.42 Å². The van der Waals surface area contributed by atoms with Crippen LogP contribution in [0, 0.1) is 13.8 Å². The van der Waals surface area contributed by atoms with Crippen molar-refractivity contribution >= 4 is 88.6 Å². The number of aryl methyl sites for hydroxylation is 3. The van der Waals surface area contributed by atoms with Crippen molar-refractivity contribution in [3.63, 3.8) is 0 Å². The molecule has 0 atom stereocenters. The van der Waals surface area contributed by atoms with E-state index in [0.29, 0.717) is 0 Å². The number of hydrogen-bond acceptors (Lipinski definition) is 3. The highest BCUT2D eigenvalue weighted by Gasteiger charge is 2.43. The largest absolute Gasteiger partial charge is 0.454 e. The highest BCUT2D eigenvalue weighted by Crippen LogP contribution is 2.59. The van der Waals surface area contributed by atoms with Gasteiger partial charge in [0.05, 0.1) is 22.6 Å². The molecular weight excluding hydrogens is 803 g/mol. The molecule has 9 aromatic carbocycles. The Kier molecular flexibility index (Phi) is 9.43. The van der Waals surface area contributed by atoms with E-state index in [1.807, 2.05) is 0 Å². The Balaban J connectivity index is 1.16. The van der Waals surface area contributed by atoms with E-state index in [1.54, 1.807) is 0 Å². The van der Waals surface area contributed by atoms with Crippen molar-refractivity contribution in [3.05, 3.63) is 204 Å². The van der Waals surface area contributed by atoms with Crippen molar-refractivity contribution in [3.8, 4) is 11.1 Å². The fraction of sp³-hybridized carbons (Fsp3) is 0.161. The molecular formula is C62H53N3O. The van der Waals surface area contributed by atoms with Crippen molar-refractivity contribution in [2.45, 2.75) is 65.8 Å². The molecule has 66 heavy (non-hydrogen) atoms. The van der Waals surface area contributed by atoms with Crippen LogP contribution in [0.2, 0.25) is 0 Å². The van der Waals surface area contributed by atoms with Gasteiger partial charge in [-0.1, -0.05) is 136 Å². The lowest BCUT2D eigenvalue weighted by Crippen LogP contribution is -2.24. The minimum atomic E-state index is -0.246. The van der Waals surface area contributed by atoms with Gasteiger partial charge in [-0.15, -0.1) is 0 Å². The van der Waals surface area contributed by atoms with Gasteiger partial charge in [0.2, 0.25) is 0 Å². The lowest BCUT2D eigenvalue weighted by Gasteiger charge is -2.33. The summed E-state index contributed by atoms with van der Waals surface area (Å²) in [6.07, 6.45) is 2.93. The van der Waals surface area contributed by atoms with Crippen LogP contribution in [-0.4, -0.2) is 4.57 Å². The van der Waals surface area contributed by atoms with Crippen molar-refractivity contribution in [2.24, 2.45) is 0 Å². The van der Waals surface area contributed by atoms with Crippen LogP contribution in [0.1, 0.15) is 62.3 Å². The first-order valence-electron chi connectivity index (χ1n) is 23.8. The van der Waals surface area contributed by atoms with Crippen molar-refractivity contribution < 1.29 is 4.42 Å². The van der Waals surface area contributed by atoms with Crippen LogP contribution in [0.25, 0.3) is 65.6 Å². The van der Waals surface area contributed by atoms with Gasteiger partial charge in [0.25, 0.3) is 0 Å².